The second-order valence-electron chi connectivity index (χ2n) is 8.10. The van der Waals surface area contributed by atoms with E-state index in [1.54, 1.807) is 20.4 Å². The van der Waals surface area contributed by atoms with Crippen LogP contribution in [-0.4, -0.2) is 50.3 Å². The van der Waals surface area contributed by atoms with E-state index in [1.165, 1.54) is 6.33 Å². The van der Waals surface area contributed by atoms with Crippen LogP contribution in [0.15, 0.2) is 36.8 Å². The third kappa shape index (κ3) is 4.07. The molecule has 10 heteroatoms. The lowest BCUT2D eigenvalue weighted by molar-refractivity contribution is -0.123. The summed E-state index contributed by atoms with van der Waals surface area (Å²) in [5.41, 5.74) is 2.00. The van der Waals surface area contributed by atoms with E-state index in [-0.39, 0.29) is 11.9 Å². The van der Waals surface area contributed by atoms with E-state index in [1.807, 2.05) is 45.0 Å². The van der Waals surface area contributed by atoms with Crippen LogP contribution in [0.25, 0.3) is 33.7 Å². The number of nitrogens with zero attached hydrogens (tertiary/aromatic N) is 5. The molecular formula is C22H23N7O3. The van der Waals surface area contributed by atoms with Crippen LogP contribution >= 0.6 is 0 Å². The molecule has 0 atom stereocenters. The van der Waals surface area contributed by atoms with Gasteiger partial charge in [-0.15, -0.1) is 0 Å². The number of benzene rings is 1. The number of rotatable bonds is 5. The minimum absolute atomic E-state index is 0.148. The summed E-state index contributed by atoms with van der Waals surface area (Å²) in [7, 11) is 3.18. The van der Waals surface area contributed by atoms with Gasteiger partial charge in [0.1, 0.15) is 12.0 Å². The quantitative estimate of drug-likeness (QED) is 0.490. The third-order valence-electron chi connectivity index (χ3n) is 4.81. The molecule has 0 bridgehead atoms. The van der Waals surface area contributed by atoms with Crippen LogP contribution in [0.4, 0.5) is 5.95 Å². The smallest absolute Gasteiger partial charge is 0.232 e. The summed E-state index contributed by atoms with van der Waals surface area (Å²) in [6, 6.07) is 7.53. The highest BCUT2D eigenvalue weighted by Gasteiger charge is 2.23. The molecule has 10 nitrogen and oxygen atoms in total. The lowest BCUT2D eigenvalue weighted by Crippen LogP contribution is -2.28. The van der Waals surface area contributed by atoms with Gasteiger partial charge < -0.3 is 9.47 Å². The van der Waals surface area contributed by atoms with Crippen LogP contribution in [0.1, 0.15) is 20.8 Å². The van der Waals surface area contributed by atoms with Crippen molar-refractivity contribution in [1.29, 1.82) is 0 Å². The maximum Gasteiger partial charge on any atom is 0.232 e. The Kier molecular flexibility index (Phi) is 5.43. The zero-order valence-electron chi connectivity index (χ0n) is 18.4. The van der Waals surface area contributed by atoms with Crippen LogP contribution in [0.3, 0.4) is 0 Å². The van der Waals surface area contributed by atoms with Crippen molar-refractivity contribution in [2.75, 3.05) is 19.5 Å². The monoisotopic (exact) mass is 433 g/mol. The Morgan fingerprint density at radius 3 is 2.44 bits per heavy atom. The van der Waals surface area contributed by atoms with E-state index in [9.17, 15) is 4.79 Å². The van der Waals surface area contributed by atoms with Crippen molar-refractivity contribution in [3.63, 3.8) is 0 Å². The fourth-order valence-corrected chi connectivity index (χ4v) is 3.03. The zero-order valence-corrected chi connectivity index (χ0v) is 18.4. The molecule has 0 aliphatic carbocycles. The average molecular weight is 433 g/mol. The third-order valence-corrected chi connectivity index (χ3v) is 4.81. The van der Waals surface area contributed by atoms with Gasteiger partial charge in [-0.1, -0.05) is 26.8 Å². The van der Waals surface area contributed by atoms with Gasteiger partial charge in [-0.25, -0.2) is 15.0 Å². The van der Waals surface area contributed by atoms with Gasteiger partial charge in [0, 0.05) is 22.6 Å². The number of carbonyl (C=O) groups is 1. The van der Waals surface area contributed by atoms with Crippen LogP contribution in [-0.2, 0) is 4.79 Å². The topological polar surface area (TPSA) is 128 Å². The first-order valence-corrected chi connectivity index (χ1v) is 9.87. The molecule has 0 aliphatic rings. The molecule has 0 aliphatic heterocycles. The van der Waals surface area contributed by atoms with Crippen molar-refractivity contribution >= 4 is 22.9 Å². The second-order valence-corrected chi connectivity index (χ2v) is 8.10. The molecule has 0 spiro atoms. The molecule has 4 rings (SSSR count). The number of methoxy groups -OCH3 is 2. The van der Waals surface area contributed by atoms with E-state index in [0.29, 0.717) is 34.1 Å². The van der Waals surface area contributed by atoms with E-state index in [0.717, 1.165) is 11.1 Å². The molecule has 0 unspecified atom stereocenters. The Hall–Kier alpha value is -4.08. The minimum Gasteiger partial charge on any atom is -0.493 e. The number of anilines is 1. The Morgan fingerprint density at radius 2 is 1.78 bits per heavy atom. The normalized spacial score (nSPS) is 11.4. The van der Waals surface area contributed by atoms with Crippen molar-refractivity contribution in [1.82, 2.24) is 30.1 Å². The van der Waals surface area contributed by atoms with Crippen molar-refractivity contribution in [3.05, 3.63) is 36.8 Å². The number of hydrogen-bond acceptors (Lipinski definition) is 8. The van der Waals surface area contributed by atoms with Crippen molar-refractivity contribution in [2.24, 2.45) is 5.41 Å². The number of fused-ring (bicyclic) bond motifs is 1. The summed E-state index contributed by atoms with van der Waals surface area (Å²) in [6.07, 6.45) is 3.10. The number of aromatic amines is 1. The number of aromatic nitrogens is 6. The summed E-state index contributed by atoms with van der Waals surface area (Å²) < 4.78 is 10.7. The van der Waals surface area contributed by atoms with Gasteiger partial charge in [0.25, 0.3) is 0 Å². The van der Waals surface area contributed by atoms with E-state index in [4.69, 9.17) is 9.47 Å². The molecule has 0 radical (unpaired) electrons. The number of ether oxygens (including phenoxy) is 2. The Bertz CT molecular complexity index is 1280. The highest BCUT2D eigenvalue weighted by atomic mass is 16.5. The van der Waals surface area contributed by atoms with Crippen molar-refractivity contribution in [2.45, 2.75) is 20.8 Å². The second kappa shape index (κ2) is 8.22. The van der Waals surface area contributed by atoms with Gasteiger partial charge in [-0.05, 0) is 23.8 Å². The summed E-state index contributed by atoms with van der Waals surface area (Å²) in [4.78, 5) is 30.2. The molecule has 3 heterocycles. The van der Waals surface area contributed by atoms with Gasteiger partial charge in [0.2, 0.25) is 11.9 Å². The SMILES string of the molecule is COc1ccc(-c2cnc3nc(NC(=O)C(C)(C)C)nc(-c4ncn[nH]4)c3c2)cc1OC. The molecule has 4 aromatic rings. The Morgan fingerprint density at radius 1 is 1.00 bits per heavy atom. The maximum absolute atomic E-state index is 12.5. The largest absolute Gasteiger partial charge is 0.493 e. The van der Waals surface area contributed by atoms with Crippen LogP contribution in [0.5, 0.6) is 11.5 Å². The van der Waals surface area contributed by atoms with Gasteiger partial charge in [0.05, 0.1) is 14.2 Å². The van der Waals surface area contributed by atoms with Gasteiger partial charge in [0.15, 0.2) is 23.0 Å². The van der Waals surface area contributed by atoms with Crippen molar-refractivity contribution in [3.8, 4) is 34.1 Å². The van der Waals surface area contributed by atoms with Gasteiger partial charge >= 0.3 is 0 Å². The van der Waals surface area contributed by atoms with Gasteiger partial charge in [-0.2, -0.15) is 10.1 Å². The molecule has 164 valence electrons. The molecular weight excluding hydrogens is 410 g/mol. The highest BCUT2D eigenvalue weighted by molar-refractivity contribution is 5.96. The van der Waals surface area contributed by atoms with Crippen LogP contribution in [0.2, 0.25) is 0 Å². The predicted molar refractivity (Wildman–Crippen MR) is 119 cm³/mol. The first-order chi connectivity index (χ1) is 15.3. The number of nitrogens with one attached hydrogen (secondary N) is 2. The summed E-state index contributed by atoms with van der Waals surface area (Å²) in [5, 5.41) is 10.2. The standard InChI is InChI=1S/C22H23N7O3/c1-22(2,3)20(30)28-21-26-17(19-24-11-25-29-19)14-8-13(10-23-18(14)27-21)12-6-7-15(31-4)16(9-12)32-5/h6-11H,1-5H3,(H,24,25,29)(H,23,26,27,28,30). The number of pyridine rings is 1. The van der Waals surface area contributed by atoms with E-state index >= 15 is 0 Å². The average Bonchev–Trinajstić information content (AvgIpc) is 3.32. The van der Waals surface area contributed by atoms with Gasteiger partial charge in [-0.3, -0.25) is 15.2 Å². The number of H-pyrrole nitrogens is 1. The molecule has 32 heavy (non-hydrogen) atoms. The molecule has 1 amide bonds. The number of hydrogen-bond donors (Lipinski definition) is 2. The molecule has 0 saturated heterocycles. The number of amides is 1. The van der Waals surface area contributed by atoms with E-state index < -0.39 is 5.41 Å². The summed E-state index contributed by atoms with van der Waals surface area (Å²) in [5.74, 6) is 1.62. The minimum atomic E-state index is -0.602. The lowest BCUT2D eigenvalue weighted by Gasteiger charge is -2.17. The Labute approximate surface area is 184 Å². The van der Waals surface area contributed by atoms with E-state index in [2.05, 4.69) is 35.5 Å². The summed E-state index contributed by atoms with van der Waals surface area (Å²) >= 11 is 0. The fraction of sp³-hybridized carbons (Fsp3) is 0.273. The molecule has 2 N–H and O–H groups in total. The molecule has 0 fully saturated rings. The van der Waals surface area contributed by atoms with Crippen LogP contribution < -0.4 is 14.8 Å². The predicted octanol–water partition coefficient (Wildman–Crippen LogP) is 3.48. The lowest BCUT2D eigenvalue weighted by atomic mass is 9.96. The molecule has 3 aromatic heterocycles. The first-order valence-electron chi connectivity index (χ1n) is 9.87. The highest BCUT2D eigenvalue weighted by Crippen LogP contribution is 2.34. The zero-order chi connectivity index (χ0) is 22.9. The van der Waals surface area contributed by atoms with Crippen LogP contribution in [0, 0.1) is 5.41 Å². The Balaban J connectivity index is 1.85. The molecule has 0 saturated carbocycles. The molecule has 1 aromatic carbocycles. The van der Waals surface area contributed by atoms with Crippen molar-refractivity contribution < 1.29 is 14.3 Å². The maximum atomic E-state index is 12.5. The number of carbonyl (C=O) groups excluding carboxylic acids is 1. The fourth-order valence-electron chi connectivity index (χ4n) is 3.03. The first kappa shape index (κ1) is 21.2. The summed E-state index contributed by atoms with van der Waals surface area (Å²) in [6.45, 7) is 5.44.